The SMILES string of the molecule is O=C1c2ccccc2N[C@H](c2csc(-c3ccc(Cl)cc3)n2)N1Cc1ccco1. The maximum absolute atomic E-state index is 13.2. The van der Waals surface area contributed by atoms with Crippen molar-refractivity contribution in [3.05, 3.63) is 94.3 Å². The summed E-state index contributed by atoms with van der Waals surface area (Å²) in [5.41, 5.74) is 3.22. The van der Waals surface area contributed by atoms with E-state index in [-0.39, 0.29) is 12.1 Å². The fourth-order valence-corrected chi connectivity index (χ4v) is 4.37. The Kier molecular flexibility index (Phi) is 4.58. The van der Waals surface area contributed by atoms with Gasteiger partial charge in [-0.2, -0.15) is 0 Å². The zero-order chi connectivity index (χ0) is 19.8. The van der Waals surface area contributed by atoms with Gasteiger partial charge in [0.15, 0.2) is 0 Å². The molecule has 0 spiro atoms. The van der Waals surface area contributed by atoms with Gasteiger partial charge in [-0.15, -0.1) is 11.3 Å². The van der Waals surface area contributed by atoms with Crippen molar-refractivity contribution >= 4 is 34.5 Å². The molecular formula is C22H16ClN3O2S. The number of halogens is 1. The average molecular weight is 422 g/mol. The Hall–Kier alpha value is -3.09. The Bertz CT molecular complexity index is 1160. The summed E-state index contributed by atoms with van der Waals surface area (Å²) >= 11 is 7.54. The Morgan fingerprint density at radius 3 is 2.72 bits per heavy atom. The second-order valence-corrected chi connectivity index (χ2v) is 7.98. The van der Waals surface area contributed by atoms with Gasteiger partial charge in [0.05, 0.1) is 24.1 Å². The van der Waals surface area contributed by atoms with Gasteiger partial charge in [-0.25, -0.2) is 4.98 Å². The van der Waals surface area contributed by atoms with Crippen molar-refractivity contribution < 1.29 is 9.21 Å². The summed E-state index contributed by atoms with van der Waals surface area (Å²) in [6.45, 7) is 0.353. The molecule has 0 saturated heterocycles. The molecule has 2 aromatic heterocycles. The lowest BCUT2D eigenvalue weighted by Gasteiger charge is -2.36. The number of rotatable bonds is 4. The fraction of sp³-hybridized carbons (Fsp3) is 0.0909. The van der Waals surface area contributed by atoms with Crippen molar-refractivity contribution in [3.63, 3.8) is 0 Å². The van der Waals surface area contributed by atoms with E-state index in [0.29, 0.717) is 17.1 Å². The van der Waals surface area contributed by atoms with E-state index in [4.69, 9.17) is 21.0 Å². The lowest BCUT2D eigenvalue weighted by Crippen LogP contribution is -2.42. The molecule has 0 radical (unpaired) electrons. The zero-order valence-corrected chi connectivity index (χ0v) is 16.8. The van der Waals surface area contributed by atoms with E-state index < -0.39 is 0 Å². The highest BCUT2D eigenvalue weighted by Crippen LogP contribution is 2.36. The molecule has 0 unspecified atom stereocenters. The Morgan fingerprint density at radius 1 is 1.10 bits per heavy atom. The van der Waals surface area contributed by atoms with E-state index in [1.807, 2.05) is 66.0 Å². The van der Waals surface area contributed by atoms with E-state index in [9.17, 15) is 4.79 Å². The molecular weight excluding hydrogens is 406 g/mol. The number of nitrogens with one attached hydrogen (secondary N) is 1. The Labute approximate surface area is 176 Å². The predicted molar refractivity (Wildman–Crippen MR) is 114 cm³/mol. The number of thiazole rings is 1. The Morgan fingerprint density at radius 2 is 1.93 bits per heavy atom. The summed E-state index contributed by atoms with van der Waals surface area (Å²) < 4.78 is 5.49. The second kappa shape index (κ2) is 7.39. The van der Waals surface area contributed by atoms with Crippen molar-refractivity contribution in [2.24, 2.45) is 0 Å². The molecule has 1 aliphatic heterocycles. The number of hydrogen-bond donors (Lipinski definition) is 1. The van der Waals surface area contributed by atoms with Gasteiger partial charge < -0.3 is 14.6 Å². The number of amides is 1. The number of hydrogen-bond acceptors (Lipinski definition) is 5. The van der Waals surface area contributed by atoms with Crippen molar-refractivity contribution in [3.8, 4) is 10.6 Å². The summed E-state index contributed by atoms with van der Waals surface area (Å²) in [5.74, 6) is 0.666. The number of furan rings is 1. The van der Waals surface area contributed by atoms with E-state index in [1.54, 1.807) is 11.2 Å². The maximum Gasteiger partial charge on any atom is 0.258 e. The smallest absolute Gasteiger partial charge is 0.258 e. The lowest BCUT2D eigenvalue weighted by atomic mass is 10.1. The van der Waals surface area contributed by atoms with Crippen molar-refractivity contribution in [1.82, 2.24) is 9.88 Å². The van der Waals surface area contributed by atoms with Crippen molar-refractivity contribution in [2.45, 2.75) is 12.7 Å². The predicted octanol–water partition coefficient (Wildman–Crippen LogP) is 5.82. The first-order valence-corrected chi connectivity index (χ1v) is 10.3. The second-order valence-electron chi connectivity index (χ2n) is 6.69. The molecule has 3 heterocycles. The van der Waals surface area contributed by atoms with Crippen LogP contribution in [0.25, 0.3) is 10.6 Å². The molecule has 4 aromatic rings. The molecule has 0 aliphatic carbocycles. The summed E-state index contributed by atoms with van der Waals surface area (Å²) in [6.07, 6.45) is 1.22. The van der Waals surface area contributed by atoms with Gasteiger partial charge >= 0.3 is 0 Å². The largest absolute Gasteiger partial charge is 0.467 e. The van der Waals surface area contributed by atoms with Crippen LogP contribution in [0.3, 0.4) is 0 Å². The van der Waals surface area contributed by atoms with Gasteiger partial charge in [0.25, 0.3) is 5.91 Å². The minimum Gasteiger partial charge on any atom is -0.467 e. The first kappa shape index (κ1) is 18.0. The molecule has 5 rings (SSSR count). The summed E-state index contributed by atoms with van der Waals surface area (Å²) in [7, 11) is 0. The third-order valence-electron chi connectivity index (χ3n) is 4.82. The topological polar surface area (TPSA) is 58.4 Å². The molecule has 0 fully saturated rings. The highest BCUT2D eigenvalue weighted by molar-refractivity contribution is 7.13. The van der Waals surface area contributed by atoms with Gasteiger partial charge in [-0.1, -0.05) is 35.9 Å². The van der Waals surface area contributed by atoms with Crippen LogP contribution in [0, 0.1) is 0 Å². The summed E-state index contributed by atoms with van der Waals surface area (Å²) in [5, 5.41) is 7.01. The number of nitrogens with zero attached hydrogens (tertiary/aromatic N) is 2. The number of carbonyl (C=O) groups is 1. The third-order valence-corrected chi connectivity index (χ3v) is 5.98. The van der Waals surface area contributed by atoms with E-state index in [2.05, 4.69) is 5.32 Å². The molecule has 2 aromatic carbocycles. The van der Waals surface area contributed by atoms with E-state index in [0.717, 1.165) is 27.7 Å². The van der Waals surface area contributed by atoms with Crippen LogP contribution in [0.4, 0.5) is 5.69 Å². The molecule has 29 heavy (non-hydrogen) atoms. The van der Waals surface area contributed by atoms with Gasteiger partial charge in [-0.3, -0.25) is 4.79 Å². The molecule has 144 valence electrons. The van der Waals surface area contributed by atoms with Crippen LogP contribution in [-0.4, -0.2) is 15.8 Å². The number of carbonyl (C=O) groups excluding carboxylic acids is 1. The number of fused-ring (bicyclic) bond motifs is 1. The molecule has 0 bridgehead atoms. The Balaban J connectivity index is 1.52. The monoisotopic (exact) mass is 421 g/mol. The lowest BCUT2D eigenvalue weighted by molar-refractivity contribution is 0.0648. The van der Waals surface area contributed by atoms with Gasteiger partial charge in [0.1, 0.15) is 16.9 Å². The van der Waals surface area contributed by atoms with Crippen molar-refractivity contribution in [1.29, 1.82) is 0 Å². The molecule has 7 heteroatoms. The normalized spacial score (nSPS) is 15.8. The minimum atomic E-state index is -0.389. The molecule has 5 nitrogen and oxygen atoms in total. The van der Waals surface area contributed by atoms with Crippen LogP contribution < -0.4 is 5.32 Å². The van der Waals surface area contributed by atoms with Crippen LogP contribution in [0.1, 0.15) is 28.0 Å². The van der Waals surface area contributed by atoms with Gasteiger partial charge in [0, 0.05) is 21.7 Å². The molecule has 1 N–H and O–H groups in total. The number of anilines is 1. The van der Waals surface area contributed by atoms with Crippen molar-refractivity contribution in [2.75, 3.05) is 5.32 Å². The van der Waals surface area contributed by atoms with E-state index >= 15 is 0 Å². The van der Waals surface area contributed by atoms with Crippen LogP contribution >= 0.6 is 22.9 Å². The quantitative estimate of drug-likeness (QED) is 0.450. The molecule has 1 amide bonds. The van der Waals surface area contributed by atoms with Gasteiger partial charge in [0.2, 0.25) is 0 Å². The van der Waals surface area contributed by atoms with Crippen LogP contribution in [-0.2, 0) is 6.54 Å². The highest BCUT2D eigenvalue weighted by atomic mass is 35.5. The molecule has 1 atom stereocenters. The standard InChI is InChI=1S/C22H16ClN3O2S/c23-15-9-7-14(8-10-15)21-25-19(13-29-21)20-24-18-6-2-1-5-17(18)22(27)26(20)12-16-4-3-11-28-16/h1-11,13,20,24H,12H2/t20-/m0/s1. The maximum atomic E-state index is 13.2. The summed E-state index contributed by atoms with van der Waals surface area (Å²) in [4.78, 5) is 19.8. The van der Waals surface area contributed by atoms with Crippen LogP contribution in [0.5, 0.6) is 0 Å². The first-order valence-electron chi connectivity index (χ1n) is 9.09. The first-order chi connectivity index (χ1) is 14.2. The third kappa shape index (κ3) is 3.41. The fourth-order valence-electron chi connectivity index (χ4n) is 3.40. The zero-order valence-electron chi connectivity index (χ0n) is 15.2. The van der Waals surface area contributed by atoms with Crippen LogP contribution in [0.15, 0.2) is 76.7 Å². The molecule has 0 saturated carbocycles. The van der Waals surface area contributed by atoms with Gasteiger partial charge in [-0.05, 0) is 36.4 Å². The number of benzene rings is 2. The minimum absolute atomic E-state index is 0.0539. The number of aromatic nitrogens is 1. The average Bonchev–Trinajstić information content (AvgIpc) is 3.43. The van der Waals surface area contributed by atoms with E-state index in [1.165, 1.54) is 11.3 Å². The summed E-state index contributed by atoms with van der Waals surface area (Å²) in [6, 6.07) is 18.8. The number of para-hydroxylation sites is 1. The van der Waals surface area contributed by atoms with Crippen LogP contribution in [0.2, 0.25) is 5.02 Å². The molecule has 1 aliphatic rings. The highest BCUT2D eigenvalue weighted by Gasteiger charge is 2.34.